The maximum atomic E-state index is 12.4. The maximum Gasteiger partial charge on any atom is 0.275 e. The van der Waals surface area contributed by atoms with Crippen LogP contribution >= 0.6 is 0 Å². The number of para-hydroxylation sites is 1. The van der Waals surface area contributed by atoms with Crippen LogP contribution in [0.1, 0.15) is 29.3 Å². The standard InChI is InChI=1S/C16H20N4O2/c1-12(17)15-18-14(11-22-15)16(21)20-9-7-19(8-10-20)13-5-3-2-4-6-13/h2-6,11-12H,7-10,17H2,1H3. The van der Waals surface area contributed by atoms with Crippen LogP contribution in [0.4, 0.5) is 5.69 Å². The lowest BCUT2D eigenvalue weighted by Gasteiger charge is -2.35. The number of anilines is 1. The minimum absolute atomic E-state index is 0.0941. The average molecular weight is 300 g/mol. The Bertz CT molecular complexity index is 631. The molecule has 1 unspecified atom stereocenters. The van der Waals surface area contributed by atoms with Crippen molar-refractivity contribution < 1.29 is 9.21 Å². The largest absolute Gasteiger partial charge is 0.446 e. The molecule has 2 aromatic rings. The van der Waals surface area contributed by atoms with E-state index in [9.17, 15) is 4.79 Å². The third kappa shape index (κ3) is 2.96. The fourth-order valence-electron chi connectivity index (χ4n) is 2.56. The van der Waals surface area contributed by atoms with Gasteiger partial charge in [-0.15, -0.1) is 0 Å². The Kier molecular flexibility index (Phi) is 4.11. The molecular formula is C16H20N4O2. The fourth-order valence-corrected chi connectivity index (χ4v) is 2.56. The van der Waals surface area contributed by atoms with Gasteiger partial charge >= 0.3 is 0 Å². The molecule has 1 amide bonds. The lowest BCUT2D eigenvalue weighted by molar-refractivity contribution is 0.0741. The molecule has 0 bridgehead atoms. The molecule has 1 fully saturated rings. The molecule has 0 saturated carbocycles. The van der Waals surface area contributed by atoms with Crippen LogP contribution in [0.3, 0.4) is 0 Å². The quantitative estimate of drug-likeness (QED) is 0.933. The zero-order valence-electron chi connectivity index (χ0n) is 12.6. The van der Waals surface area contributed by atoms with E-state index in [0.29, 0.717) is 24.7 Å². The first-order valence-electron chi connectivity index (χ1n) is 7.45. The van der Waals surface area contributed by atoms with Crippen LogP contribution in [0.15, 0.2) is 41.0 Å². The smallest absolute Gasteiger partial charge is 0.275 e. The highest BCUT2D eigenvalue weighted by Crippen LogP contribution is 2.17. The first kappa shape index (κ1) is 14.6. The van der Waals surface area contributed by atoms with Crippen LogP contribution in [-0.2, 0) is 0 Å². The monoisotopic (exact) mass is 300 g/mol. The minimum atomic E-state index is -0.309. The molecule has 2 N–H and O–H groups in total. The molecule has 6 heteroatoms. The number of aromatic nitrogens is 1. The summed E-state index contributed by atoms with van der Waals surface area (Å²) in [4.78, 5) is 20.7. The van der Waals surface area contributed by atoms with Gasteiger partial charge in [0, 0.05) is 31.9 Å². The molecule has 1 aromatic heterocycles. The van der Waals surface area contributed by atoms with Crippen molar-refractivity contribution >= 4 is 11.6 Å². The van der Waals surface area contributed by atoms with Crippen molar-refractivity contribution in [1.29, 1.82) is 0 Å². The number of oxazole rings is 1. The molecule has 0 radical (unpaired) electrons. The number of amides is 1. The highest BCUT2D eigenvalue weighted by atomic mass is 16.3. The van der Waals surface area contributed by atoms with E-state index in [4.69, 9.17) is 10.2 Å². The van der Waals surface area contributed by atoms with E-state index < -0.39 is 0 Å². The molecular weight excluding hydrogens is 280 g/mol. The Hall–Kier alpha value is -2.34. The van der Waals surface area contributed by atoms with Crippen molar-refractivity contribution in [3.05, 3.63) is 48.2 Å². The van der Waals surface area contributed by atoms with Crippen LogP contribution in [-0.4, -0.2) is 42.0 Å². The van der Waals surface area contributed by atoms with Crippen molar-refractivity contribution in [2.45, 2.75) is 13.0 Å². The number of nitrogens with two attached hydrogens (primary N) is 1. The van der Waals surface area contributed by atoms with E-state index in [-0.39, 0.29) is 11.9 Å². The predicted octanol–water partition coefficient (Wildman–Crippen LogP) is 1.66. The Balaban J connectivity index is 1.62. The first-order valence-corrected chi connectivity index (χ1v) is 7.45. The van der Waals surface area contributed by atoms with Crippen molar-refractivity contribution in [3.8, 4) is 0 Å². The van der Waals surface area contributed by atoms with Gasteiger partial charge in [-0.05, 0) is 19.1 Å². The second-order valence-electron chi connectivity index (χ2n) is 5.47. The Morgan fingerprint density at radius 2 is 1.91 bits per heavy atom. The lowest BCUT2D eigenvalue weighted by atomic mass is 10.2. The molecule has 6 nitrogen and oxygen atoms in total. The molecule has 116 valence electrons. The number of carbonyl (C=O) groups excluding carboxylic acids is 1. The molecule has 1 aliphatic rings. The summed E-state index contributed by atoms with van der Waals surface area (Å²) >= 11 is 0. The molecule has 3 rings (SSSR count). The van der Waals surface area contributed by atoms with E-state index in [1.807, 2.05) is 23.1 Å². The van der Waals surface area contributed by atoms with Gasteiger partial charge in [0.1, 0.15) is 6.26 Å². The van der Waals surface area contributed by atoms with Crippen LogP contribution in [0.25, 0.3) is 0 Å². The molecule has 0 aliphatic carbocycles. The van der Waals surface area contributed by atoms with Gasteiger partial charge in [-0.2, -0.15) is 0 Å². The zero-order chi connectivity index (χ0) is 15.5. The van der Waals surface area contributed by atoms with Gasteiger partial charge in [0.15, 0.2) is 5.69 Å². The maximum absolute atomic E-state index is 12.4. The van der Waals surface area contributed by atoms with Gasteiger partial charge in [-0.3, -0.25) is 4.79 Å². The zero-order valence-corrected chi connectivity index (χ0v) is 12.6. The molecule has 2 heterocycles. The van der Waals surface area contributed by atoms with Crippen molar-refractivity contribution in [2.75, 3.05) is 31.1 Å². The second kappa shape index (κ2) is 6.19. The first-order chi connectivity index (χ1) is 10.6. The van der Waals surface area contributed by atoms with Crippen LogP contribution in [0, 0.1) is 0 Å². The third-order valence-corrected chi connectivity index (χ3v) is 3.82. The summed E-state index contributed by atoms with van der Waals surface area (Å²) in [7, 11) is 0. The molecule has 1 aromatic carbocycles. The average Bonchev–Trinajstić information content (AvgIpc) is 3.05. The van der Waals surface area contributed by atoms with Crippen molar-refractivity contribution in [3.63, 3.8) is 0 Å². The SMILES string of the molecule is CC(N)c1nc(C(=O)N2CCN(c3ccccc3)CC2)co1. The van der Waals surface area contributed by atoms with E-state index in [1.165, 1.54) is 12.0 Å². The summed E-state index contributed by atoms with van der Waals surface area (Å²) in [5, 5.41) is 0. The summed E-state index contributed by atoms with van der Waals surface area (Å²) in [6.45, 7) is 4.75. The van der Waals surface area contributed by atoms with Gasteiger partial charge in [0.25, 0.3) is 5.91 Å². The van der Waals surface area contributed by atoms with Gasteiger partial charge in [-0.25, -0.2) is 4.98 Å². The number of hydrogen-bond donors (Lipinski definition) is 1. The van der Waals surface area contributed by atoms with Gasteiger partial charge in [0.05, 0.1) is 6.04 Å². The third-order valence-electron chi connectivity index (χ3n) is 3.82. The van der Waals surface area contributed by atoms with Crippen LogP contribution in [0.5, 0.6) is 0 Å². The Labute approximate surface area is 129 Å². The number of carbonyl (C=O) groups is 1. The van der Waals surface area contributed by atoms with Crippen LogP contribution in [0.2, 0.25) is 0 Å². The fraction of sp³-hybridized carbons (Fsp3) is 0.375. The predicted molar refractivity (Wildman–Crippen MR) is 83.7 cm³/mol. The van der Waals surface area contributed by atoms with Crippen molar-refractivity contribution in [1.82, 2.24) is 9.88 Å². The topological polar surface area (TPSA) is 75.6 Å². The second-order valence-corrected chi connectivity index (χ2v) is 5.47. The number of nitrogens with zero attached hydrogens (tertiary/aromatic N) is 3. The molecule has 22 heavy (non-hydrogen) atoms. The molecule has 1 aliphatic heterocycles. The minimum Gasteiger partial charge on any atom is -0.446 e. The van der Waals surface area contributed by atoms with Crippen LogP contribution < -0.4 is 10.6 Å². The summed E-state index contributed by atoms with van der Waals surface area (Å²) in [5.74, 6) is 0.301. The van der Waals surface area contributed by atoms with Gasteiger partial charge in [0.2, 0.25) is 5.89 Å². The molecule has 0 spiro atoms. The molecule has 1 saturated heterocycles. The summed E-state index contributed by atoms with van der Waals surface area (Å²) < 4.78 is 5.23. The summed E-state index contributed by atoms with van der Waals surface area (Å²) in [6, 6.07) is 9.92. The Morgan fingerprint density at radius 3 is 2.50 bits per heavy atom. The van der Waals surface area contributed by atoms with E-state index in [0.717, 1.165) is 13.1 Å². The Morgan fingerprint density at radius 1 is 1.23 bits per heavy atom. The highest BCUT2D eigenvalue weighted by molar-refractivity contribution is 5.92. The summed E-state index contributed by atoms with van der Waals surface area (Å²) in [5.41, 5.74) is 7.22. The molecule has 1 atom stereocenters. The van der Waals surface area contributed by atoms with Crippen molar-refractivity contribution in [2.24, 2.45) is 5.73 Å². The normalized spacial score (nSPS) is 16.6. The highest BCUT2D eigenvalue weighted by Gasteiger charge is 2.24. The van der Waals surface area contributed by atoms with E-state index in [2.05, 4.69) is 22.0 Å². The van der Waals surface area contributed by atoms with E-state index in [1.54, 1.807) is 6.92 Å². The number of rotatable bonds is 3. The lowest BCUT2D eigenvalue weighted by Crippen LogP contribution is -2.48. The number of benzene rings is 1. The number of hydrogen-bond acceptors (Lipinski definition) is 5. The van der Waals surface area contributed by atoms with Gasteiger partial charge < -0.3 is 20.0 Å². The van der Waals surface area contributed by atoms with E-state index >= 15 is 0 Å². The number of piperazine rings is 1. The summed E-state index contributed by atoms with van der Waals surface area (Å²) in [6.07, 6.45) is 1.39. The van der Waals surface area contributed by atoms with Gasteiger partial charge in [-0.1, -0.05) is 18.2 Å².